The highest BCUT2D eigenvalue weighted by Crippen LogP contribution is 2.56. The Balaban J connectivity index is 2.01. The lowest BCUT2D eigenvalue weighted by Gasteiger charge is -2.37. The van der Waals surface area contributed by atoms with E-state index in [1.54, 1.807) is 0 Å². The van der Waals surface area contributed by atoms with Gasteiger partial charge in [0.1, 0.15) is 0 Å². The van der Waals surface area contributed by atoms with Crippen molar-refractivity contribution in [1.29, 1.82) is 0 Å². The second kappa shape index (κ2) is 2.06. The lowest BCUT2D eigenvalue weighted by Crippen LogP contribution is -2.45. The number of piperidine rings is 1. The molecule has 2 aliphatic heterocycles. The van der Waals surface area contributed by atoms with Crippen molar-refractivity contribution >= 4 is 0 Å². The normalized spacial score (nSPS) is 58.0. The molecule has 1 nitrogen and oxygen atoms in total. The molecule has 1 aliphatic carbocycles. The first-order valence-corrected chi connectivity index (χ1v) is 5.50. The summed E-state index contributed by atoms with van der Waals surface area (Å²) in [5, 5.41) is 0. The minimum atomic E-state index is 0.603. The summed E-state index contributed by atoms with van der Waals surface area (Å²) in [4.78, 5) is 2.83. The zero-order chi connectivity index (χ0) is 8.34. The van der Waals surface area contributed by atoms with E-state index in [9.17, 15) is 0 Å². The van der Waals surface area contributed by atoms with E-state index in [1.807, 2.05) is 0 Å². The largest absolute Gasteiger partial charge is 0.294 e. The van der Waals surface area contributed by atoms with Gasteiger partial charge in [0, 0.05) is 11.6 Å². The monoisotopic (exact) mass is 165 g/mol. The Hall–Kier alpha value is -0.0400. The molecule has 1 heteroatoms. The Morgan fingerprint density at radius 1 is 1.33 bits per heavy atom. The van der Waals surface area contributed by atoms with Gasteiger partial charge < -0.3 is 0 Å². The molecule has 2 saturated heterocycles. The zero-order valence-corrected chi connectivity index (χ0v) is 8.21. The quantitative estimate of drug-likeness (QED) is 0.532. The van der Waals surface area contributed by atoms with Crippen LogP contribution >= 0.6 is 0 Å². The summed E-state index contributed by atoms with van der Waals surface area (Å²) < 4.78 is 0. The van der Waals surface area contributed by atoms with Crippen molar-refractivity contribution in [2.45, 2.75) is 51.1 Å². The highest BCUT2D eigenvalue weighted by atomic mass is 15.3. The smallest absolute Gasteiger partial charge is 0.0213 e. The van der Waals surface area contributed by atoms with Crippen LogP contribution in [0.5, 0.6) is 0 Å². The number of rotatable bonds is 0. The maximum absolute atomic E-state index is 2.83. The molecule has 0 N–H and O–H groups in total. The molecule has 3 rings (SSSR count). The van der Waals surface area contributed by atoms with Crippen LogP contribution in [0.4, 0.5) is 0 Å². The van der Waals surface area contributed by atoms with Gasteiger partial charge in [-0.3, -0.25) is 4.90 Å². The molecule has 2 heterocycles. The molecule has 68 valence electrons. The predicted molar refractivity (Wildman–Crippen MR) is 50.0 cm³/mol. The molecule has 0 spiro atoms. The van der Waals surface area contributed by atoms with Gasteiger partial charge in [-0.25, -0.2) is 0 Å². The van der Waals surface area contributed by atoms with Crippen LogP contribution in [0.25, 0.3) is 0 Å². The third kappa shape index (κ3) is 0.618. The van der Waals surface area contributed by atoms with Gasteiger partial charge >= 0.3 is 0 Å². The highest BCUT2D eigenvalue weighted by molar-refractivity contribution is 5.13. The van der Waals surface area contributed by atoms with E-state index in [2.05, 4.69) is 18.7 Å². The third-order valence-corrected chi connectivity index (χ3v) is 5.06. The van der Waals surface area contributed by atoms with E-state index in [4.69, 9.17) is 0 Å². The molecule has 1 saturated carbocycles. The molecule has 4 unspecified atom stereocenters. The fourth-order valence-corrected chi connectivity index (χ4v) is 4.20. The molecule has 0 aromatic heterocycles. The van der Waals surface area contributed by atoms with Crippen molar-refractivity contribution in [1.82, 2.24) is 4.90 Å². The predicted octanol–water partition coefficient (Wildman–Crippen LogP) is 2.27. The summed E-state index contributed by atoms with van der Waals surface area (Å²) >= 11 is 0. The first kappa shape index (κ1) is 7.37. The van der Waals surface area contributed by atoms with E-state index in [0.29, 0.717) is 5.54 Å². The van der Waals surface area contributed by atoms with Crippen molar-refractivity contribution < 1.29 is 0 Å². The minimum absolute atomic E-state index is 0.603. The van der Waals surface area contributed by atoms with Gasteiger partial charge in [0.25, 0.3) is 0 Å². The van der Waals surface area contributed by atoms with E-state index in [0.717, 1.165) is 17.9 Å². The van der Waals surface area contributed by atoms with E-state index < -0.39 is 0 Å². The van der Waals surface area contributed by atoms with Crippen LogP contribution < -0.4 is 0 Å². The summed E-state index contributed by atoms with van der Waals surface area (Å²) in [5.74, 6) is 2.03. The standard InChI is InChI=1S/C11H19N/c1-8-9-5-6-11(8,2)12-7-3-4-10(9)12/h8-10H,3-7H2,1-2H3. The number of hydrogen-bond donors (Lipinski definition) is 0. The molecule has 0 radical (unpaired) electrons. The molecule has 3 aliphatic rings. The Morgan fingerprint density at radius 2 is 2.17 bits per heavy atom. The van der Waals surface area contributed by atoms with E-state index >= 15 is 0 Å². The van der Waals surface area contributed by atoms with Crippen molar-refractivity contribution in [3.05, 3.63) is 0 Å². The Kier molecular flexibility index (Phi) is 1.27. The molecule has 12 heavy (non-hydrogen) atoms. The molecule has 0 amide bonds. The highest BCUT2D eigenvalue weighted by Gasteiger charge is 2.59. The minimum Gasteiger partial charge on any atom is -0.294 e. The van der Waals surface area contributed by atoms with Gasteiger partial charge in [0.2, 0.25) is 0 Å². The van der Waals surface area contributed by atoms with Crippen LogP contribution in [-0.2, 0) is 0 Å². The van der Waals surface area contributed by atoms with E-state index in [-0.39, 0.29) is 0 Å². The lowest BCUT2D eigenvalue weighted by molar-refractivity contribution is 0.105. The topological polar surface area (TPSA) is 3.24 Å². The van der Waals surface area contributed by atoms with Crippen LogP contribution in [-0.4, -0.2) is 23.0 Å². The van der Waals surface area contributed by atoms with Crippen molar-refractivity contribution in [2.24, 2.45) is 11.8 Å². The summed E-state index contributed by atoms with van der Waals surface area (Å²) in [6, 6.07) is 0.985. The fourth-order valence-electron chi connectivity index (χ4n) is 4.20. The summed E-state index contributed by atoms with van der Waals surface area (Å²) in [6.45, 7) is 6.38. The summed E-state index contributed by atoms with van der Waals surface area (Å²) in [5.41, 5.74) is 0.603. The van der Waals surface area contributed by atoms with Crippen molar-refractivity contribution in [2.75, 3.05) is 6.54 Å². The average Bonchev–Trinajstić information content (AvgIpc) is 2.64. The Labute approximate surface area is 75.1 Å². The molecule has 0 aromatic rings. The van der Waals surface area contributed by atoms with Crippen LogP contribution in [0, 0.1) is 11.8 Å². The third-order valence-electron chi connectivity index (χ3n) is 5.06. The summed E-state index contributed by atoms with van der Waals surface area (Å²) in [7, 11) is 0. The van der Waals surface area contributed by atoms with Gasteiger partial charge in [-0.15, -0.1) is 0 Å². The van der Waals surface area contributed by atoms with Crippen molar-refractivity contribution in [3.63, 3.8) is 0 Å². The Bertz CT molecular complexity index is 213. The summed E-state index contributed by atoms with van der Waals surface area (Å²) in [6.07, 6.45) is 5.93. The van der Waals surface area contributed by atoms with Gasteiger partial charge in [-0.05, 0) is 51.0 Å². The number of hydrogen-bond acceptors (Lipinski definition) is 1. The second-order valence-electron chi connectivity index (χ2n) is 5.25. The van der Waals surface area contributed by atoms with Crippen LogP contribution in [0.3, 0.4) is 0 Å². The lowest BCUT2D eigenvalue weighted by atomic mass is 9.88. The average molecular weight is 165 g/mol. The molecule has 2 bridgehead atoms. The van der Waals surface area contributed by atoms with Crippen LogP contribution in [0.2, 0.25) is 0 Å². The fraction of sp³-hybridized carbons (Fsp3) is 1.00. The van der Waals surface area contributed by atoms with Crippen LogP contribution in [0.15, 0.2) is 0 Å². The zero-order valence-electron chi connectivity index (χ0n) is 8.21. The van der Waals surface area contributed by atoms with E-state index in [1.165, 1.54) is 32.2 Å². The maximum atomic E-state index is 2.83. The van der Waals surface area contributed by atoms with Gasteiger partial charge in [-0.1, -0.05) is 6.92 Å². The van der Waals surface area contributed by atoms with Crippen molar-refractivity contribution in [3.8, 4) is 0 Å². The van der Waals surface area contributed by atoms with Gasteiger partial charge in [0.05, 0.1) is 0 Å². The first-order chi connectivity index (χ1) is 5.73. The first-order valence-electron chi connectivity index (χ1n) is 5.50. The molecular formula is C11H19N. The SMILES string of the molecule is CC1C2CCC1(C)N1CCCC21. The second-order valence-corrected chi connectivity index (χ2v) is 5.25. The maximum Gasteiger partial charge on any atom is 0.0213 e. The Morgan fingerprint density at radius 3 is 2.92 bits per heavy atom. The molecule has 0 aromatic carbocycles. The van der Waals surface area contributed by atoms with Crippen LogP contribution in [0.1, 0.15) is 39.5 Å². The number of nitrogens with zero attached hydrogens (tertiary/aromatic N) is 1. The molecular weight excluding hydrogens is 146 g/mol. The number of fused-ring (bicyclic) bond motifs is 5. The molecule has 3 fully saturated rings. The molecule has 4 atom stereocenters. The van der Waals surface area contributed by atoms with Gasteiger partial charge in [-0.2, -0.15) is 0 Å². The van der Waals surface area contributed by atoms with Gasteiger partial charge in [0.15, 0.2) is 0 Å².